The Balaban J connectivity index is 2.47. The Kier molecular flexibility index (Phi) is 4.30. The Labute approximate surface area is 137 Å². The summed E-state index contributed by atoms with van der Waals surface area (Å²) in [4.78, 5) is 48.3. The summed E-state index contributed by atoms with van der Waals surface area (Å²) in [5, 5.41) is 11.4. The van der Waals surface area contributed by atoms with Crippen molar-refractivity contribution in [2.45, 2.75) is 32.2 Å². The van der Waals surface area contributed by atoms with E-state index in [0.717, 1.165) is 0 Å². The van der Waals surface area contributed by atoms with Gasteiger partial charge in [-0.1, -0.05) is 17.7 Å². The van der Waals surface area contributed by atoms with Crippen LogP contribution in [0, 0.1) is 5.92 Å². The van der Waals surface area contributed by atoms with Crippen LogP contribution in [0.15, 0.2) is 18.2 Å². The van der Waals surface area contributed by atoms with Gasteiger partial charge >= 0.3 is 5.97 Å². The number of carboxylic acids is 1. The third kappa shape index (κ3) is 2.86. The molecule has 23 heavy (non-hydrogen) atoms. The highest BCUT2D eigenvalue weighted by atomic mass is 35.5. The highest BCUT2D eigenvalue weighted by Crippen LogP contribution is 2.38. The predicted octanol–water partition coefficient (Wildman–Crippen LogP) is 1.59. The first-order chi connectivity index (χ1) is 10.6. The van der Waals surface area contributed by atoms with E-state index < -0.39 is 40.8 Å². The number of benzene rings is 1. The average molecular weight is 338 g/mol. The zero-order valence-corrected chi connectivity index (χ0v) is 13.6. The van der Waals surface area contributed by atoms with Crippen LogP contribution in [-0.4, -0.2) is 34.6 Å². The molecule has 0 fully saturated rings. The van der Waals surface area contributed by atoms with Crippen molar-refractivity contribution in [3.8, 4) is 0 Å². The average Bonchev–Trinajstić information content (AvgIpc) is 2.45. The number of fused-ring (bicyclic) bond motifs is 1. The number of amides is 1. The normalized spacial score (nSPS) is 20.6. The van der Waals surface area contributed by atoms with Crippen molar-refractivity contribution in [3.05, 3.63) is 34.3 Å². The summed E-state index contributed by atoms with van der Waals surface area (Å²) in [5.41, 5.74) is -0.333. The van der Waals surface area contributed by atoms with E-state index in [1.54, 1.807) is 26.0 Å². The van der Waals surface area contributed by atoms with E-state index in [1.165, 1.54) is 13.0 Å². The minimum absolute atomic E-state index is 0.213. The molecule has 0 saturated carbocycles. The summed E-state index contributed by atoms with van der Waals surface area (Å²) >= 11 is 5.91. The number of carbonyl (C=O) groups is 4. The van der Waals surface area contributed by atoms with E-state index in [2.05, 4.69) is 5.32 Å². The number of Topliss-reactive ketones (excluding diaryl/α,β-unsaturated/α-hetero) is 2. The van der Waals surface area contributed by atoms with Crippen molar-refractivity contribution in [2.24, 2.45) is 5.92 Å². The summed E-state index contributed by atoms with van der Waals surface area (Å²) in [5.74, 6) is -4.96. The molecule has 0 saturated heterocycles. The van der Waals surface area contributed by atoms with Gasteiger partial charge < -0.3 is 10.4 Å². The smallest absolute Gasteiger partial charge is 0.325 e. The molecule has 6 nitrogen and oxygen atoms in total. The molecule has 1 unspecified atom stereocenters. The number of halogens is 1. The molecule has 1 aliphatic rings. The molecule has 2 rings (SSSR count). The minimum atomic E-state index is -1.57. The Morgan fingerprint density at radius 2 is 1.91 bits per heavy atom. The lowest BCUT2D eigenvalue weighted by atomic mass is 9.66. The zero-order valence-electron chi connectivity index (χ0n) is 12.8. The van der Waals surface area contributed by atoms with Crippen LogP contribution in [0.2, 0.25) is 5.02 Å². The predicted molar refractivity (Wildman–Crippen MR) is 82.5 cm³/mol. The summed E-state index contributed by atoms with van der Waals surface area (Å²) in [6.45, 7) is 4.50. The molecule has 1 aromatic carbocycles. The van der Waals surface area contributed by atoms with Crippen molar-refractivity contribution in [3.63, 3.8) is 0 Å². The quantitative estimate of drug-likeness (QED) is 0.816. The van der Waals surface area contributed by atoms with Crippen molar-refractivity contribution in [1.82, 2.24) is 5.32 Å². The molecular weight excluding hydrogens is 322 g/mol. The lowest BCUT2D eigenvalue weighted by Gasteiger charge is -2.34. The standard InChI is InChI=1S/C16H16ClNO5/c1-7(15(22)23)18-14(21)11-12(19)9-6-8(17)4-5-10(9)16(2,3)13(11)20/h4-7,11H,1-3H3,(H,18,21)(H,22,23)/t7-,11?/m1/s1. The molecule has 2 atom stereocenters. The second-order valence-electron chi connectivity index (χ2n) is 6.04. The maximum absolute atomic E-state index is 12.6. The highest BCUT2D eigenvalue weighted by Gasteiger charge is 2.49. The fourth-order valence-electron chi connectivity index (χ4n) is 2.63. The molecule has 0 spiro atoms. The number of ketones is 2. The molecule has 1 aliphatic carbocycles. The summed E-state index contributed by atoms with van der Waals surface area (Å²) in [6.07, 6.45) is 0. The monoisotopic (exact) mass is 337 g/mol. The minimum Gasteiger partial charge on any atom is -0.480 e. The van der Waals surface area contributed by atoms with Crippen LogP contribution in [0.25, 0.3) is 0 Å². The van der Waals surface area contributed by atoms with Crippen molar-refractivity contribution >= 4 is 35.0 Å². The first-order valence-electron chi connectivity index (χ1n) is 6.99. The Bertz CT molecular complexity index is 725. The molecular formula is C16H16ClNO5. The highest BCUT2D eigenvalue weighted by molar-refractivity contribution is 6.33. The number of hydrogen-bond acceptors (Lipinski definition) is 4. The molecule has 0 heterocycles. The number of nitrogens with one attached hydrogen (secondary N) is 1. The molecule has 1 amide bonds. The molecule has 2 N–H and O–H groups in total. The first-order valence-corrected chi connectivity index (χ1v) is 7.37. The Hall–Kier alpha value is -2.21. The molecule has 0 bridgehead atoms. The molecule has 122 valence electrons. The SMILES string of the molecule is C[C@@H](NC(=O)C1C(=O)c2cc(Cl)ccc2C(C)(C)C1=O)C(=O)O. The van der Waals surface area contributed by atoms with E-state index in [9.17, 15) is 19.2 Å². The number of rotatable bonds is 3. The second-order valence-corrected chi connectivity index (χ2v) is 6.48. The maximum Gasteiger partial charge on any atom is 0.325 e. The van der Waals surface area contributed by atoms with Gasteiger partial charge in [-0.25, -0.2) is 0 Å². The molecule has 0 aliphatic heterocycles. The number of carboxylic acid groups (broad SMARTS) is 1. The van der Waals surface area contributed by atoms with E-state index >= 15 is 0 Å². The van der Waals surface area contributed by atoms with Crippen molar-refractivity contribution in [2.75, 3.05) is 0 Å². The third-order valence-electron chi connectivity index (χ3n) is 4.05. The largest absolute Gasteiger partial charge is 0.480 e. The van der Waals surface area contributed by atoms with Crippen molar-refractivity contribution in [1.29, 1.82) is 0 Å². The van der Waals surface area contributed by atoms with Gasteiger partial charge in [-0.05, 0) is 38.5 Å². The molecule has 0 aromatic heterocycles. The first kappa shape index (κ1) is 17.1. The zero-order chi connectivity index (χ0) is 17.5. The van der Waals surface area contributed by atoms with Crippen LogP contribution < -0.4 is 5.32 Å². The van der Waals surface area contributed by atoms with E-state index in [1.807, 2.05) is 0 Å². The van der Waals surface area contributed by atoms with Crippen LogP contribution in [0.1, 0.15) is 36.7 Å². The Morgan fingerprint density at radius 3 is 2.48 bits per heavy atom. The lowest BCUT2D eigenvalue weighted by molar-refractivity contribution is -0.143. The lowest BCUT2D eigenvalue weighted by Crippen LogP contribution is -2.53. The van der Waals surface area contributed by atoms with Gasteiger partial charge in [-0.15, -0.1) is 0 Å². The second kappa shape index (κ2) is 5.77. The molecule has 0 radical (unpaired) electrons. The van der Waals surface area contributed by atoms with Crippen LogP contribution in [0.5, 0.6) is 0 Å². The number of hydrogen-bond donors (Lipinski definition) is 2. The summed E-state index contributed by atoms with van der Waals surface area (Å²) < 4.78 is 0. The molecule has 1 aromatic rings. The van der Waals surface area contributed by atoms with Gasteiger partial charge in [0.25, 0.3) is 0 Å². The van der Waals surface area contributed by atoms with Crippen LogP contribution in [0.3, 0.4) is 0 Å². The van der Waals surface area contributed by atoms with Gasteiger partial charge in [0.1, 0.15) is 6.04 Å². The van der Waals surface area contributed by atoms with Gasteiger partial charge in [0.2, 0.25) is 5.91 Å². The van der Waals surface area contributed by atoms with E-state index in [-0.39, 0.29) is 5.56 Å². The Morgan fingerprint density at radius 1 is 1.30 bits per heavy atom. The number of aliphatic carboxylic acids is 1. The third-order valence-corrected chi connectivity index (χ3v) is 4.29. The van der Waals surface area contributed by atoms with E-state index in [0.29, 0.717) is 10.6 Å². The summed E-state index contributed by atoms with van der Waals surface area (Å²) in [6, 6.07) is 3.40. The van der Waals surface area contributed by atoms with Crippen LogP contribution in [-0.2, 0) is 19.8 Å². The topological polar surface area (TPSA) is 101 Å². The fourth-order valence-corrected chi connectivity index (χ4v) is 2.80. The van der Waals surface area contributed by atoms with Gasteiger partial charge in [0.15, 0.2) is 17.5 Å². The maximum atomic E-state index is 12.6. The van der Waals surface area contributed by atoms with Crippen LogP contribution in [0.4, 0.5) is 0 Å². The van der Waals surface area contributed by atoms with Crippen molar-refractivity contribution < 1.29 is 24.3 Å². The van der Waals surface area contributed by atoms with E-state index in [4.69, 9.17) is 16.7 Å². The van der Waals surface area contributed by atoms with Gasteiger partial charge in [-0.2, -0.15) is 0 Å². The van der Waals surface area contributed by atoms with Gasteiger partial charge in [0, 0.05) is 10.6 Å². The molecule has 7 heteroatoms. The van der Waals surface area contributed by atoms with Gasteiger partial charge in [-0.3, -0.25) is 19.2 Å². The fraction of sp³-hybridized carbons (Fsp3) is 0.375. The van der Waals surface area contributed by atoms with Crippen LogP contribution >= 0.6 is 11.6 Å². The van der Waals surface area contributed by atoms with Gasteiger partial charge in [0.05, 0.1) is 5.41 Å². The number of carbonyl (C=O) groups excluding carboxylic acids is 3. The summed E-state index contributed by atoms with van der Waals surface area (Å²) in [7, 11) is 0.